The Bertz CT molecular complexity index is 396. The molecule has 0 aliphatic rings. The van der Waals surface area contributed by atoms with E-state index in [0.717, 1.165) is 6.07 Å². The van der Waals surface area contributed by atoms with Crippen LogP contribution in [0.1, 0.15) is 30.5 Å². The molecule has 0 saturated heterocycles. The van der Waals surface area contributed by atoms with Crippen LogP contribution in [0.4, 0.5) is 13.2 Å². The first-order valence-corrected chi connectivity index (χ1v) is 6.13. The lowest BCUT2D eigenvalue weighted by Crippen LogP contribution is -2.36. The van der Waals surface area contributed by atoms with Crippen LogP contribution in [0, 0.1) is 0 Å². The second kappa shape index (κ2) is 6.88. The quantitative estimate of drug-likeness (QED) is 0.745. The minimum absolute atomic E-state index is 0.0215. The molecular weight excluding hydrogens is 257 g/mol. The monoisotopic (exact) mass is 276 g/mol. The molecule has 3 nitrogen and oxygen atoms in total. The van der Waals surface area contributed by atoms with Crippen molar-refractivity contribution in [3.05, 3.63) is 35.4 Å². The number of rotatable bonds is 6. The number of aliphatic hydroxyl groups excluding tert-OH is 1. The number of benzene rings is 1. The van der Waals surface area contributed by atoms with Crippen molar-refractivity contribution in [2.75, 3.05) is 13.2 Å². The largest absolute Gasteiger partial charge is 0.416 e. The van der Waals surface area contributed by atoms with E-state index < -0.39 is 17.8 Å². The third-order valence-electron chi connectivity index (χ3n) is 2.93. The van der Waals surface area contributed by atoms with E-state index in [0.29, 0.717) is 6.42 Å². The molecule has 108 valence electrons. The molecule has 0 fully saturated rings. The molecule has 0 aromatic heterocycles. The predicted octanol–water partition coefficient (Wildman–Crippen LogP) is 2.07. The van der Waals surface area contributed by atoms with Crippen LogP contribution in [0.25, 0.3) is 0 Å². The van der Waals surface area contributed by atoms with Crippen LogP contribution in [0.3, 0.4) is 0 Å². The fourth-order valence-corrected chi connectivity index (χ4v) is 1.96. The average Bonchev–Trinajstić information content (AvgIpc) is 2.35. The van der Waals surface area contributed by atoms with Crippen molar-refractivity contribution >= 4 is 0 Å². The smallest absolute Gasteiger partial charge is 0.396 e. The maximum atomic E-state index is 12.9. The highest BCUT2D eigenvalue weighted by molar-refractivity contribution is 5.32. The number of hydrogen-bond acceptors (Lipinski definition) is 3. The van der Waals surface area contributed by atoms with Crippen molar-refractivity contribution in [1.29, 1.82) is 0 Å². The van der Waals surface area contributed by atoms with E-state index in [-0.39, 0.29) is 24.8 Å². The standard InChI is InChI=1S/C13H19F3N2O/c1-9(6-7-19)18-12(8-17)10-4-2-3-5-11(10)13(14,15)16/h2-5,9,12,18-19H,6-8,17H2,1H3. The summed E-state index contributed by atoms with van der Waals surface area (Å²) < 4.78 is 38.8. The van der Waals surface area contributed by atoms with Crippen LogP contribution in [0.5, 0.6) is 0 Å². The van der Waals surface area contributed by atoms with E-state index in [2.05, 4.69) is 5.32 Å². The molecule has 1 aromatic carbocycles. The second-order valence-electron chi connectivity index (χ2n) is 4.45. The molecule has 6 heteroatoms. The summed E-state index contributed by atoms with van der Waals surface area (Å²) in [4.78, 5) is 0. The molecule has 0 radical (unpaired) electrons. The topological polar surface area (TPSA) is 58.3 Å². The van der Waals surface area contributed by atoms with Gasteiger partial charge in [-0.2, -0.15) is 13.2 Å². The summed E-state index contributed by atoms with van der Waals surface area (Å²) in [6, 6.07) is 4.71. The van der Waals surface area contributed by atoms with Crippen molar-refractivity contribution in [1.82, 2.24) is 5.32 Å². The van der Waals surface area contributed by atoms with Gasteiger partial charge in [0.05, 0.1) is 5.56 Å². The SMILES string of the molecule is CC(CCO)NC(CN)c1ccccc1C(F)(F)F. The molecule has 0 amide bonds. The summed E-state index contributed by atoms with van der Waals surface area (Å²) >= 11 is 0. The first kappa shape index (κ1) is 15.9. The molecule has 0 aliphatic heterocycles. The fourth-order valence-electron chi connectivity index (χ4n) is 1.96. The first-order chi connectivity index (χ1) is 8.90. The van der Waals surface area contributed by atoms with Gasteiger partial charge in [0.25, 0.3) is 0 Å². The zero-order valence-electron chi connectivity index (χ0n) is 10.7. The zero-order chi connectivity index (χ0) is 14.5. The van der Waals surface area contributed by atoms with Crippen molar-refractivity contribution in [3.8, 4) is 0 Å². The lowest BCUT2D eigenvalue weighted by molar-refractivity contribution is -0.138. The Kier molecular flexibility index (Phi) is 5.78. The van der Waals surface area contributed by atoms with Crippen LogP contribution in [0.15, 0.2) is 24.3 Å². The summed E-state index contributed by atoms with van der Waals surface area (Å²) in [6.45, 7) is 1.84. The Hall–Kier alpha value is -1.11. The maximum Gasteiger partial charge on any atom is 0.416 e. The van der Waals surface area contributed by atoms with E-state index in [1.807, 2.05) is 0 Å². The van der Waals surface area contributed by atoms with Gasteiger partial charge < -0.3 is 16.2 Å². The Balaban J connectivity index is 2.98. The highest BCUT2D eigenvalue weighted by atomic mass is 19.4. The van der Waals surface area contributed by atoms with Crippen molar-refractivity contribution in [2.24, 2.45) is 5.73 Å². The van der Waals surface area contributed by atoms with Gasteiger partial charge in [0.1, 0.15) is 0 Å². The van der Waals surface area contributed by atoms with Crippen LogP contribution in [-0.4, -0.2) is 24.3 Å². The fraction of sp³-hybridized carbons (Fsp3) is 0.538. The Labute approximate surface area is 110 Å². The summed E-state index contributed by atoms with van der Waals surface area (Å²) in [6.07, 6.45) is -3.93. The predicted molar refractivity (Wildman–Crippen MR) is 67.5 cm³/mol. The van der Waals surface area contributed by atoms with E-state index in [1.54, 1.807) is 13.0 Å². The highest BCUT2D eigenvalue weighted by Gasteiger charge is 2.34. The minimum atomic E-state index is -4.40. The Morgan fingerprint density at radius 1 is 1.32 bits per heavy atom. The summed E-state index contributed by atoms with van der Waals surface area (Å²) in [5.74, 6) is 0. The van der Waals surface area contributed by atoms with Gasteiger partial charge in [-0.05, 0) is 25.0 Å². The van der Waals surface area contributed by atoms with Gasteiger partial charge in [-0.15, -0.1) is 0 Å². The third kappa shape index (κ3) is 4.49. The number of aliphatic hydroxyl groups is 1. The van der Waals surface area contributed by atoms with Crippen molar-refractivity contribution < 1.29 is 18.3 Å². The first-order valence-electron chi connectivity index (χ1n) is 6.13. The molecular formula is C13H19F3N2O. The molecule has 4 N–H and O–H groups in total. The number of nitrogens with two attached hydrogens (primary N) is 1. The lowest BCUT2D eigenvalue weighted by atomic mass is 9.99. The molecule has 1 aromatic rings. The summed E-state index contributed by atoms with van der Waals surface area (Å²) in [5, 5.41) is 11.8. The van der Waals surface area contributed by atoms with Crippen LogP contribution < -0.4 is 11.1 Å². The van der Waals surface area contributed by atoms with Crippen molar-refractivity contribution in [2.45, 2.75) is 31.6 Å². The van der Waals surface area contributed by atoms with Gasteiger partial charge in [-0.3, -0.25) is 0 Å². The van der Waals surface area contributed by atoms with E-state index >= 15 is 0 Å². The van der Waals surface area contributed by atoms with Crippen LogP contribution in [0.2, 0.25) is 0 Å². The molecule has 0 heterocycles. The zero-order valence-corrected chi connectivity index (χ0v) is 10.7. The van der Waals surface area contributed by atoms with Gasteiger partial charge in [0.15, 0.2) is 0 Å². The molecule has 2 atom stereocenters. The Morgan fingerprint density at radius 2 is 1.95 bits per heavy atom. The highest BCUT2D eigenvalue weighted by Crippen LogP contribution is 2.34. The lowest BCUT2D eigenvalue weighted by Gasteiger charge is -2.25. The number of halogens is 3. The number of alkyl halides is 3. The minimum Gasteiger partial charge on any atom is -0.396 e. The molecule has 0 bridgehead atoms. The normalized spacial score (nSPS) is 15.3. The van der Waals surface area contributed by atoms with Gasteiger partial charge in [-0.1, -0.05) is 18.2 Å². The molecule has 1 rings (SSSR count). The summed E-state index contributed by atoms with van der Waals surface area (Å²) in [7, 11) is 0. The maximum absolute atomic E-state index is 12.9. The number of nitrogens with one attached hydrogen (secondary N) is 1. The van der Waals surface area contributed by atoms with Crippen molar-refractivity contribution in [3.63, 3.8) is 0 Å². The Morgan fingerprint density at radius 3 is 2.47 bits per heavy atom. The van der Waals surface area contributed by atoms with E-state index in [4.69, 9.17) is 10.8 Å². The van der Waals surface area contributed by atoms with E-state index in [9.17, 15) is 13.2 Å². The van der Waals surface area contributed by atoms with Gasteiger partial charge in [0.2, 0.25) is 0 Å². The van der Waals surface area contributed by atoms with Gasteiger partial charge in [0, 0.05) is 25.2 Å². The molecule has 0 saturated carbocycles. The van der Waals surface area contributed by atoms with E-state index in [1.165, 1.54) is 12.1 Å². The third-order valence-corrected chi connectivity index (χ3v) is 2.93. The summed E-state index contributed by atoms with van der Waals surface area (Å²) in [5.41, 5.74) is 5.04. The van der Waals surface area contributed by atoms with Gasteiger partial charge in [-0.25, -0.2) is 0 Å². The number of hydrogen-bond donors (Lipinski definition) is 3. The molecule has 0 spiro atoms. The molecule has 2 unspecified atom stereocenters. The molecule has 19 heavy (non-hydrogen) atoms. The average molecular weight is 276 g/mol. The van der Waals surface area contributed by atoms with Crippen LogP contribution in [-0.2, 0) is 6.18 Å². The second-order valence-corrected chi connectivity index (χ2v) is 4.45. The van der Waals surface area contributed by atoms with Gasteiger partial charge >= 0.3 is 6.18 Å². The van der Waals surface area contributed by atoms with Crippen LogP contribution >= 0.6 is 0 Å². The molecule has 0 aliphatic carbocycles.